The second-order valence-electron chi connectivity index (χ2n) is 5.35. The third-order valence-electron chi connectivity index (χ3n) is 3.71. The minimum Gasteiger partial charge on any atom is -0.494 e. The first-order valence-electron chi connectivity index (χ1n) is 7.80. The Kier molecular flexibility index (Phi) is 5.05. The number of nitrogen functional groups attached to an aromatic ring is 1. The first-order chi connectivity index (χ1) is 11.7. The molecule has 3 rings (SSSR count). The molecule has 6 heteroatoms. The second-order valence-corrected chi connectivity index (χ2v) is 6.29. The Morgan fingerprint density at radius 1 is 1.08 bits per heavy atom. The van der Waals surface area contributed by atoms with Gasteiger partial charge in [0.2, 0.25) is 5.16 Å². The molecule has 0 unspecified atom stereocenters. The van der Waals surface area contributed by atoms with E-state index in [-0.39, 0.29) is 0 Å². The van der Waals surface area contributed by atoms with E-state index in [2.05, 4.69) is 29.3 Å². The van der Waals surface area contributed by atoms with Gasteiger partial charge in [0.15, 0.2) is 5.82 Å². The summed E-state index contributed by atoms with van der Waals surface area (Å²) in [4.78, 5) is 0. The predicted octanol–water partition coefficient (Wildman–Crippen LogP) is 3.66. The molecule has 5 nitrogen and oxygen atoms in total. The van der Waals surface area contributed by atoms with E-state index in [0.29, 0.717) is 17.6 Å². The average molecular weight is 340 g/mol. The minimum atomic E-state index is 0.644. The number of nitrogens with two attached hydrogens (primary N) is 1. The van der Waals surface area contributed by atoms with Crippen molar-refractivity contribution in [2.75, 3.05) is 12.4 Å². The first-order valence-corrected chi connectivity index (χ1v) is 8.78. The Hall–Kier alpha value is -2.47. The van der Waals surface area contributed by atoms with Crippen molar-refractivity contribution >= 4 is 11.8 Å². The van der Waals surface area contributed by atoms with Gasteiger partial charge in [0.05, 0.1) is 6.61 Å². The van der Waals surface area contributed by atoms with E-state index < -0.39 is 0 Å². The maximum Gasteiger partial charge on any atom is 0.210 e. The molecule has 3 aromatic rings. The van der Waals surface area contributed by atoms with Crippen LogP contribution in [-0.2, 0) is 5.75 Å². The summed E-state index contributed by atoms with van der Waals surface area (Å²) in [6.07, 6.45) is 0. The van der Waals surface area contributed by atoms with E-state index in [0.717, 1.165) is 17.1 Å². The summed E-state index contributed by atoms with van der Waals surface area (Å²) in [5.74, 6) is 8.46. The number of rotatable bonds is 6. The van der Waals surface area contributed by atoms with Crippen LogP contribution >= 0.6 is 11.8 Å². The number of aromatic nitrogens is 3. The molecule has 2 aromatic carbocycles. The van der Waals surface area contributed by atoms with Gasteiger partial charge in [-0.3, -0.25) is 0 Å². The number of aryl methyl sites for hydroxylation is 1. The molecule has 124 valence electrons. The topological polar surface area (TPSA) is 66.0 Å². The number of hydrogen-bond acceptors (Lipinski definition) is 5. The van der Waals surface area contributed by atoms with Gasteiger partial charge in [0, 0.05) is 11.3 Å². The third-order valence-corrected chi connectivity index (χ3v) is 4.70. The van der Waals surface area contributed by atoms with Gasteiger partial charge < -0.3 is 10.6 Å². The van der Waals surface area contributed by atoms with Crippen molar-refractivity contribution in [1.29, 1.82) is 0 Å². The average Bonchev–Trinajstić information content (AvgIpc) is 2.96. The van der Waals surface area contributed by atoms with Gasteiger partial charge in [-0.2, -0.15) is 0 Å². The van der Waals surface area contributed by atoms with Gasteiger partial charge in [0.25, 0.3) is 0 Å². The van der Waals surface area contributed by atoms with Gasteiger partial charge >= 0.3 is 0 Å². The number of ether oxygens (including phenoxy) is 1. The molecule has 0 aliphatic carbocycles. The lowest BCUT2D eigenvalue weighted by Crippen LogP contribution is -2.11. The molecule has 2 N–H and O–H groups in total. The fourth-order valence-electron chi connectivity index (χ4n) is 2.35. The highest BCUT2D eigenvalue weighted by atomic mass is 32.2. The van der Waals surface area contributed by atoms with Crippen LogP contribution in [0.3, 0.4) is 0 Å². The first kappa shape index (κ1) is 16.4. The lowest BCUT2D eigenvalue weighted by molar-refractivity contribution is 0.340. The summed E-state index contributed by atoms with van der Waals surface area (Å²) in [5.41, 5.74) is 3.45. The summed E-state index contributed by atoms with van der Waals surface area (Å²) >= 11 is 1.58. The fourth-order valence-corrected chi connectivity index (χ4v) is 3.29. The van der Waals surface area contributed by atoms with Gasteiger partial charge in [-0.25, -0.2) is 4.68 Å². The Morgan fingerprint density at radius 2 is 1.83 bits per heavy atom. The van der Waals surface area contributed by atoms with Crippen LogP contribution in [0.5, 0.6) is 5.75 Å². The maximum absolute atomic E-state index is 6.17. The number of benzene rings is 2. The zero-order chi connectivity index (χ0) is 16.9. The van der Waals surface area contributed by atoms with Gasteiger partial charge in [-0.15, -0.1) is 10.2 Å². The normalized spacial score (nSPS) is 10.8. The van der Waals surface area contributed by atoms with Crippen LogP contribution in [0.1, 0.15) is 18.1 Å². The molecule has 0 atom stereocenters. The summed E-state index contributed by atoms with van der Waals surface area (Å²) in [6.45, 7) is 4.71. The molecule has 0 bridgehead atoms. The molecular formula is C18H20N4OS. The molecule has 0 aliphatic rings. The van der Waals surface area contributed by atoms with Crippen molar-refractivity contribution in [2.45, 2.75) is 24.8 Å². The lowest BCUT2D eigenvalue weighted by atomic mass is 10.1. The van der Waals surface area contributed by atoms with Crippen molar-refractivity contribution in [1.82, 2.24) is 14.9 Å². The molecular weight excluding hydrogens is 320 g/mol. The van der Waals surface area contributed by atoms with E-state index in [9.17, 15) is 0 Å². The smallest absolute Gasteiger partial charge is 0.210 e. The number of hydrogen-bond donors (Lipinski definition) is 1. The van der Waals surface area contributed by atoms with Crippen LogP contribution in [0.15, 0.2) is 53.7 Å². The standard InChI is InChI=1S/C18H20N4OS/c1-3-23-16-10-8-14(9-11-16)17-20-21-18(22(17)19)24-12-15-7-5-4-6-13(15)2/h4-11H,3,12,19H2,1-2H3. The van der Waals surface area contributed by atoms with Crippen molar-refractivity contribution < 1.29 is 4.74 Å². The zero-order valence-corrected chi connectivity index (χ0v) is 14.6. The number of nitrogens with zero attached hydrogens (tertiary/aromatic N) is 3. The quantitative estimate of drug-likeness (QED) is 0.548. The van der Waals surface area contributed by atoms with Crippen LogP contribution in [0.4, 0.5) is 0 Å². The lowest BCUT2D eigenvalue weighted by Gasteiger charge is -2.06. The van der Waals surface area contributed by atoms with Crippen LogP contribution in [0.25, 0.3) is 11.4 Å². The van der Waals surface area contributed by atoms with E-state index in [1.54, 1.807) is 16.4 Å². The Labute approximate surface area is 145 Å². The summed E-state index contributed by atoms with van der Waals surface area (Å²) in [5, 5.41) is 9.13. The summed E-state index contributed by atoms with van der Waals surface area (Å²) < 4.78 is 6.99. The van der Waals surface area contributed by atoms with E-state index in [1.165, 1.54) is 11.1 Å². The molecule has 0 saturated carbocycles. The van der Waals surface area contributed by atoms with Gasteiger partial charge in [-0.05, 0) is 49.2 Å². The molecule has 0 spiro atoms. The van der Waals surface area contributed by atoms with Crippen LogP contribution < -0.4 is 10.6 Å². The van der Waals surface area contributed by atoms with E-state index >= 15 is 0 Å². The molecule has 0 fully saturated rings. The summed E-state index contributed by atoms with van der Waals surface area (Å²) in [6, 6.07) is 16.0. The highest BCUT2D eigenvalue weighted by molar-refractivity contribution is 7.98. The zero-order valence-electron chi connectivity index (χ0n) is 13.8. The van der Waals surface area contributed by atoms with E-state index in [4.69, 9.17) is 10.6 Å². The maximum atomic E-state index is 6.17. The molecule has 1 aromatic heterocycles. The number of thioether (sulfide) groups is 1. The Morgan fingerprint density at radius 3 is 2.54 bits per heavy atom. The largest absolute Gasteiger partial charge is 0.494 e. The fraction of sp³-hybridized carbons (Fsp3) is 0.222. The summed E-state index contributed by atoms with van der Waals surface area (Å²) in [7, 11) is 0. The highest BCUT2D eigenvalue weighted by Gasteiger charge is 2.12. The minimum absolute atomic E-state index is 0.644. The predicted molar refractivity (Wildman–Crippen MR) is 97.5 cm³/mol. The molecule has 0 radical (unpaired) electrons. The van der Waals surface area contributed by atoms with Crippen molar-refractivity contribution in [3.63, 3.8) is 0 Å². The van der Waals surface area contributed by atoms with Crippen LogP contribution in [0, 0.1) is 6.92 Å². The molecule has 1 heterocycles. The SMILES string of the molecule is CCOc1ccc(-c2nnc(SCc3ccccc3C)n2N)cc1. The Bertz CT molecular complexity index is 814. The van der Waals surface area contributed by atoms with Crippen LogP contribution in [-0.4, -0.2) is 21.5 Å². The van der Waals surface area contributed by atoms with Crippen molar-refractivity contribution in [2.24, 2.45) is 0 Å². The molecule has 0 aliphatic heterocycles. The molecule has 0 amide bonds. The van der Waals surface area contributed by atoms with Crippen LogP contribution in [0.2, 0.25) is 0 Å². The Balaban J connectivity index is 1.75. The monoisotopic (exact) mass is 340 g/mol. The third kappa shape index (κ3) is 3.54. The molecule has 24 heavy (non-hydrogen) atoms. The highest BCUT2D eigenvalue weighted by Crippen LogP contribution is 2.26. The van der Waals surface area contributed by atoms with Gasteiger partial charge in [-0.1, -0.05) is 36.0 Å². The van der Waals surface area contributed by atoms with Crippen molar-refractivity contribution in [3.8, 4) is 17.1 Å². The van der Waals surface area contributed by atoms with Gasteiger partial charge in [0.1, 0.15) is 5.75 Å². The van der Waals surface area contributed by atoms with E-state index in [1.807, 2.05) is 43.3 Å². The molecule has 0 saturated heterocycles. The second kappa shape index (κ2) is 7.40. The van der Waals surface area contributed by atoms with Crippen molar-refractivity contribution in [3.05, 3.63) is 59.7 Å².